The number of oxazole rings is 1. The second-order valence-corrected chi connectivity index (χ2v) is 7.74. The molecule has 0 aliphatic rings. The Hall–Kier alpha value is -3.16. The van der Waals surface area contributed by atoms with Crippen LogP contribution in [0.15, 0.2) is 58.3 Å². The van der Waals surface area contributed by atoms with E-state index in [9.17, 15) is 9.90 Å². The molecule has 1 N–H and O–H groups in total. The van der Waals surface area contributed by atoms with Crippen LogP contribution in [-0.4, -0.2) is 35.9 Å². The van der Waals surface area contributed by atoms with Gasteiger partial charge in [0.05, 0.1) is 13.7 Å². The molecule has 0 spiro atoms. The third kappa shape index (κ3) is 4.62. The summed E-state index contributed by atoms with van der Waals surface area (Å²) < 4.78 is 33.9. The second-order valence-electron chi connectivity index (χ2n) is 6.82. The van der Waals surface area contributed by atoms with Gasteiger partial charge in [0.15, 0.2) is 6.08 Å². The van der Waals surface area contributed by atoms with Crippen LogP contribution in [0.4, 0.5) is 0 Å². The number of fused-ring (bicyclic) bond motifs is 1. The van der Waals surface area contributed by atoms with E-state index < -0.39 is 18.4 Å². The van der Waals surface area contributed by atoms with Crippen LogP contribution in [0.2, 0.25) is 0 Å². The van der Waals surface area contributed by atoms with Gasteiger partial charge in [-0.25, -0.2) is 9.78 Å². The largest absolute Gasteiger partial charge is 0.493 e. The van der Waals surface area contributed by atoms with Gasteiger partial charge in [0.1, 0.15) is 11.5 Å². The number of methoxy groups -OCH3 is 1. The van der Waals surface area contributed by atoms with Crippen molar-refractivity contribution < 1.29 is 26.5 Å². The number of aromatic nitrogens is 1. The van der Waals surface area contributed by atoms with Crippen LogP contribution in [0.1, 0.15) is 19.8 Å². The molecule has 0 radical (unpaired) electrons. The molecule has 2 atom stereocenters. The Balaban J connectivity index is 1.51. The van der Waals surface area contributed by atoms with Crippen LogP contribution in [0, 0.1) is 6.92 Å². The van der Waals surface area contributed by atoms with Crippen molar-refractivity contribution in [2.45, 2.75) is 25.8 Å². The van der Waals surface area contributed by atoms with E-state index >= 15 is 0 Å². The maximum absolute atomic E-state index is 11.5. The third-order valence-electron chi connectivity index (χ3n) is 4.83. The smallest absolute Gasteiger partial charge is 0.333 e. The van der Waals surface area contributed by atoms with Crippen molar-refractivity contribution >= 4 is 27.4 Å². The number of carboxylic acids is 1. The molecule has 2 aromatic carbocycles. The van der Waals surface area contributed by atoms with E-state index in [-0.39, 0.29) is 0 Å². The Morgan fingerprint density at radius 2 is 2.10 bits per heavy atom. The zero-order valence-corrected chi connectivity index (χ0v) is 17.9. The molecule has 31 heavy (non-hydrogen) atoms. The minimum Gasteiger partial charge on any atom is -0.493 e. The molecule has 0 amide bonds. The lowest BCUT2D eigenvalue weighted by atomic mass is 10.1. The topological polar surface area (TPSA) is 81.8 Å². The van der Waals surface area contributed by atoms with Gasteiger partial charge in [0.25, 0.3) is 0 Å². The summed E-state index contributed by atoms with van der Waals surface area (Å²) in [5.74, 6) is 0.429. The molecule has 2 heterocycles. The highest BCUT2D eigenvalue weighted by atomic mass is 32.1. The summed E-state index contributed by atoms with van der Waals surface area (Å²) in [5.41, 5.74) is 2.14. The zero-order chi connectivity index (χ0) is 23.6. The highest BCUT2D eigenvalue weighted by molar-refractivity contribution is 7.17. The van der Waals surface area contributed by atoms with Crippen LogP contribution in [0.25, 0.3) is 21.5 Å². The summed E-state index contributed by atoms with van der Waals surface area (Å²) in [6.07, 6.45) is -3.28. The van der Waals surface area contributed by atoms with E-state index in [0.29, 0.717) is 34.9 Å². The Kier molecular flexibility index (Phi) is 5.59. The van der Waals surface area contributed by atoms with Gasteiger partial charge in [0, 0.05) is 36.9 Å². The number of rotatable bonds is 9. The van der Waals surface area contributed by atoms with Gasteiger partial charge in [-0.15, -0.1) is 11.3 Å². The number of nitrogens with zero attached hydrogens (tertiary/aromatic N) is 1. The molecule has 7 heteroatoms. The summed E-state index contributed by atoms with van der Waals surface area (Å²) in [6, 6.07) is 14.9. The fraction of sp³-hybridized carbons (Fsp3) is 0.250. The fourth-order valence-corrected chi connectivity index (χ4v) is 4.17. The molecule has 4 aromatic rings. The average molecular weight is 442 g/mol. The van der Waals surface area contributed by atoms with Crippen molar-refractivity contribution in [3.63, 3.8) is 0 Å². The van der Waals surface area contributed by atoms with Crippen LogP contribution >= 0.6 is 11.3 Å². The van der Waals surface area contributed by atoms with Crippen molar-refractivity contribution in [1.82, 2.24) is 4.98 Å². The molecule has 6 nitrogen and oxygen atoms in total. The summed E-state index contributed by atoms with van der Waals surface area (Å²) in [7, 11) is 1.13. The van der Waals surface area contributed by atoms with Crippen LogP contribution in [0.3, 0.4) is 0 Å². The third-order valence-corrected chi connectivity index (χ3v) is 5.80. The second kappa shape index (κ2) is 9.32. The number of carbonyl (C=O) groups is 1. The number of hydrogen-bond acceptors (Lipinski definition) is 6. The van der Waals surface area contributed by atoms with Crippen LogP contribution in [-0.2, 0) is 22.3 Å². The number of aryl methyl sites for hydroxylation is 1. The Labute approximate surface area is 186 Å². The monoisotopic (exact) mass is 441 g/mol. The number of carboxylic acid groups (broad SMARTS) is 1. The first-order valence-corrected chi connectivity index (χ1v) is 10.6. The Bertz CT molecular complexity index is 1270. The number of benzene rings is 2. The summed E-state index contributed by atoms with van der Waals surface area (Å²) in [6.45, 7) is 2.24. The fourth-order valence-electron chi connectivity index (χ4n) is 3.27. The van der Waals surface area contributed by atoms with Gasteiger partial charge in [-0.3, -0.25) is 0 Å². The molecule has 0 saturated heterocycles. The SMILES string of the molecule is [3H]C(c1ccc(OCCc2nc(-c3ccccc3)oc2C)c2ccsc12)[C@@]([3H])(OC)C(=O)O. The Morgan fingerprint density at radius 1 is 1.29 bits per heavy atom. The lowest BCUT2D eigenvalue weighted by Crippen LogP contribution is -2.24. The molecule has 1 unspecified atom stereocenters. The van der Waals surface area contributed by atoms with E-state index in [1.54, 1.807) is 12.1 Å². The van der Waals surface area contributed by atoms with E-state index in [1.165, 1.54) is 11.3 Å². The molecule has 160 valence electrons. The lowest BCUT2D eigenvalue weighted by Gasteiger charge is -2.13. The van der Waals surface area contributed by atoms with Gasteiger partial charge >= 0.3 is 5.97 Å². The van der Waals surface area contributed by atoms with E-state index in [1.807, 2.05) is 48.7 Å². The number of ether oxygens (including phenoxy) is 2. The van der Waals surface area contributed by atoms with Crippen LogP contribution < -0.4 is 4.74 Å². The van der Waals surface area contributed by atoms with Crippen molar-refractivity contribution in [3.8, 4) is 17.2 Å². The molecule has 0 saturated carbocycles. The van der Waals surface area contributed by atoms with E-state index in [0.717, 1.165) is 29.5 Å². The highest BCUT2D eigenvalue weighted by Gasteiger charge is 2.19. The summed E-state index contributed by atoms with van der Waals surface area (Å²) in [4.78, 5) is 16.1. The number of hydrogen-bond donors (Lipinski definition) is 1. The average Bonchev–Trinajstić information content (AvgIpc) is 3.46. The maximum atomic E-state index is 11.5. The predicted molar refractivity (Wildman–Crippen MR) is 120 cm³/mol. The first-order chi connectivity index (χ1) is 15.8. The summed E-state index contributed by atoms with van der Waals surface area (Å²) in [5, 5.41) is 12.0. The first kappa shape index (κ1) is 18.6. The van der Waals surface area contributed by atoms with Crippen molar-refractivity contribution in [2.75, 3.05) is 13.7 Å². The zero-order valence-electron chi connectivity index (χ0n) is 19.1. The lowest BCUT2D eigenvalue weighted by molar-refractivity contribution is -0.148. The highest BCUT2D eigenvalue weighted by Crippen LogP contribution is 2.34. The minimum atomic E-state index is -2.40. The van der Waals surface area contributed by atoms with Gasteiger partial charge in [0.2, 0.25) is 5.89 Å². The molecule has 0 aliphatic heterocycles. The van der Waals surface area contributed by atoms with Crippen LogP contribution in [0.5, 0.6) is 5.75 Å². The van der Waals surface area contributed by atoms with Crippen molar-refractivity contribution in [2.24, 2.45) is 0 Å². The number of thiophene rings is 1. The van der Waals surface area contributed by atoms with Crippen molar-refractivity contribution in [1.29, 1.82) is 0 Å². The minimum absolute atomic E-state index is 0.367. The van der Waals surface area contributed by atoms with Gasteiger partial charge in [-0.05, 0) is 42.1 Å². The summed E-state index contributed by atoms with van der Waals surface area (Å²) >= 11 is 1.37. The molecule has 0 fully saturated rings. The molecule has 4 rings (SSSR count). The molecule has 0 bridgehead atoms. The molecule has 2 aromatic heterocycles. The molecular formula is C24H23NO5S. The number of aliphatic carboxylic acids is 1. The van der Waals surface area contributed by atoms with E-state index in [4.69, 9.17) is 16.6 Å². The Morgan fingerprint density at radius 3 is 2.84 bits per heavy atom. The molecular weight excluding hydrogens is 414 g/mol. The quantitative estimate of drug-likeness (QED) is 0.388. The standard InChI is InChI=1S/C24H23NO5S/c1-15-19(25-23(30-15)16-6-4-3-5-7-16)10-12-29-20-9-8-17(14-21(28-2)24(26)27)22-18(20)11-13-31-22/h3-9,11,13,21H,10,12,14H2,1-2H3,(H,26,27)/t21-/m1/s1/i14T,21T/t14?,21-. The predicted octanol–water partition coefficient (Wildman–Crippen LogP) is 5.13. The first-order valence-electron chi connectivity index (χ1n) is 10.8. The van der Waals surface area contributed by atoms with Gasteiger partial charge in [-0.1, -0.05) is 24.3 Å². The van der Waals surface area contributed by atoms with Gasteiger partial charge in [-0.2, -0.15) is 0 Å². The van der Waals surface area contributed by atoms with Gasteiger partial charge < -0.3 is 19.0 Å². The normalized spacial score (nSPS) is 15.2. The maximum Gasteiger partial charge on any atom is 0.333 e. The molecule has 0 aliphatic carbocycles. The van der Waals surface area contributed by atoms with Crippen molar-refractivity contribution in [3.05, 3.63) is 70.9 Å². The van der Waals surface area contributed by atoms with E-state index in [2.05, 4.69) is 4.98 Å².